The molecule has 1 unspecified atom stereocenters. The third-order valence-corrected chi connectivity index (χ3v) is 6.20. The Bertz CT molecular complexity index is 1350. The minimum Gasteiger partial charge on any atom is -0.508 e. The average Bonchev–Trinajstić information content (AvgIpc) is 3.16. The van der Waals surface area contributed by atoms with Crippen molar-refractivity contribution in [1.82, 2.24) is 0 Å². The van der Waals surface area contributed by atoms with E-state index in [4.69, 9.17) is 4.74 Å². The Hall–Kier alpha value is -4.38. The highest BCUT2D eigenvalue weighted by Gasteiger charge is 2.40. The number of amidine groups is 1. The summed E-state index contributed by atoms with van der Waals surface area (Å²) in [6.07, 6.45) is 1.27. The summed E-state index contributed by atoms with van der Waals surface area (Å²) in [7, 11) is 1.43. The van der Waals surface area contributed by atoms with Crippen LogP contribution in [0.1, 0.15) is 12.0 Å². The van der Waals surface area contributed by atoms with Crippen LogP contribution in [0, 0.1) is 5.82 Å². The Morgan fingerprint density at radius 2 is 1.94 bits per heavy atom. The second kappa shape index (κ2) is 10.9. The number of thioether (sulfide) groups is 1. The number of anilines is 2. The molecule has 0 radical (unpaired) electrons. The summed E-state index contributed by atoms with van der Waals surface area (Å²) in [6.45, 7) is 0. The molecule has 3 N–H and O–H groups in total. The molecule has 11 heteroatoms. The number of phenolic OH excluding ortho intramolecular Hbond substituents is 2. The number of halogens is 1. The quantitative estimate of drug-likeness (QED) is 0.326. The second-order valence-electron chi connectivity index (χ2n) is 7.62. The minimum absolute atomic E-state index is 0.0188. The third-order valence-electron chi connectivity index (χ3n) is 5.08. The van der Waals surface area contributed by atoms with E-state index >= 15 is 0 Å². The van der Waals surface area contributed by atoms with Crippen molar-refractivity contribution in [3.63, 3.8) is 0 Å². The molecule has 2 amide bonds. The minimum atomic E-state index is -0.796. The van der Waals surface area contributed by atoms with Crippen LogP contribution in [0.25, 0.3) is 0 Å². The molecular formula is C25H21FN4O5S. The maximum Gasteiger partial charge on any atom is 0.247 e. The number of nitrogens with zero attached hydrogens (tertiary/aromatic N) is 3. The largest absolute Gasteiger partial charge is 0.508 e. The van der Waals surface area contributed by atoms with E-state index in [1.807, 2.05) is 0 Å². The highest BCUT2D eigenvalue weighted by Crippen LogP contribution is 2.35. The second-order valence-corrected chi connectivity index (χ2v) is 8.79. The van der Waals surface area contributed by atoms with E-state index in [9.17, 15) is 24.2 Å². The Morgan fingerprint density at radius 1 is 1.17 bits per heavy atom. The van der Waals surface area contributed by atoms with Gasteiger partial charge in [-0.2, -0.15) is 5.10 Å². The van der Waals surface area contributed by atoms with E-state index in [-0.39, 0.29) is 28.8 Å². The zero-order valence-corrected chi connectivity index (χ0v) is 19.8. The lowest BCUT2D eigenvalue weighted by Crippen LogP contribution is -2.33. The number of hydrogen-bond acceptors (Lipinski definition) is 8. The predicted molar refractivity (Wildman–Crippen MR) is 136 cm³/mol. The predicted octanol–water partition coefficient (Wildman–Crippen LogP) is 4.11. The molecule has 0 aliphatic carbocycles. The highest BCUT2D eigenvalue weighted by molar-refractivity contribution is 8.16. The van der Waals surface area contributed by atoms with Crippen LogP contribution in [0.2, 0.25) is 0 Å². The molecule has 0 spiro atoms. The topological polar surface area (TPSA) is 124 Å². The molecule has 1 atom stereocenters. The summed E-state index contributed by atoms with van der Waals surface area (Å²) >= 11 is 1.06. The first-order valence-electron chi connectivity index (χ1n) is 10.7. The van der Waals surface area contributed by atoms with Crippen molar-refractivity contribution >= 4 is 46.3 Å². The van der Waals surface area contributed by atoms with Gasteiger partial charge in [0.25, 0.3) is 0 Å². The fraction of sp³-hybridized carbons (Fsp3) is 0.120. The summed E-state index contributed by atoms with van der Waals surface area (Å²) in [5, 5.41) is 29.9. The fourth-order valence-electron chi connectivity index (χ4n) is 3.37. The van der Waals surface area contributed by atoms with Crippen LogP contribution in [0.3, 0.4) is 0 Å². The van der Waals surface area contributed by atoms with Gasteiger partial charge in [0.1, 0.15) is 16.8 Å². The first-order valence-corrected chi connectivity index (χ1v) is 11.5. The van der Waals surface area contributed by atoms with Crippen LogP contribution >= 0.6 is 11.8 Å². The van der Waals surface area contributed by atoms with Crippen molar-refractivity contribution < 1.29 is 28.9 Å². The zero-order valence-electron chi connectivity index (χ0n) is 19.0. The number of ether oxygens (including phenoxy) is 1. The van der Waals surface area contributed by atoms with E-state index in [0.717, 1.165) is 11.8 Å². The van der Waals surface area contributed by atoms with Crippen LogP contribution < -0.4 is 15.0 Å². The molecule has 1 fully saturated rings. The SMILES string of the molecule is COc1cc(/C=N/N=C2SC(CC(=O)Nc3ccc(F)cc3)C(=O)N2c2cccc(O)c2)ccc1O. The van der Waals surface area contributed by atoms with Gasteiger partial charge in [-0.05, 0) is 60.2 Å². The number of carbonyl (C=O) groups is 2. The number of aromatic hydroxyl groups is 2. The van der Waals surface area contributed by atoms with Gasteiger partial charge in [0, 0.05) is 18.2 Å². The van der Waals surface area contributed by atoms with Crippen LogP contribution in [0.15, 0.2) is 76.9 Å². The number of nitrogens with one attached hydrogen (secondary N) is 1. The van der Waals surface area contributed by atoms with Gasteiger partial charge in [0.05, 0.1) is 19.0 Å². The normalized spacial score (nSPS) is 16.6. The number of amides is 2. The van der Waals surface area contributed by atoms with Gasteiger partial charge in [-0.1, -0.05) is 17.8 Å². The number of carbonyl (C=O) groups excluding carboxylic acids is 2. The molecular weight excluding hydrogens is 487 g/mol. The number of hydrogen-bond donors (Lipinski definition) is 3. The summed E-state index contributed by atoms with van der Waals surface area (Å²) in [4.78, 5) is 27.1. The van der Waals surface area contributed by atoms with Crippen LogP contribution in [-0.2, 0) is 9.59 Å². The maximum atomic E-state index is 13.2. The molecule has 1 saturated heterocycles. The number of rotatable bonds is 7. The number of benzene rings is 3. The first-order chi connectivity index (χ1) is 17.3. The van der Waals surface area contributed by atoms with Crippen LogP contribution in [0.5, 0.6) is 17.2 Å². The van der Waals surface area contributed by atoms with E-state index in [2.05, 4.69) is 15.5 Å². The monoisotopic (exact) mass is 508 g/mol. The summed E-state index contributed by atoms with van der Waals surface area (Å²) in [6, 6.07) is 16.0. The van der Waals surface area contributed by atoms with Crippen molar-refractivity contribution in [2.45, 2.75) is 11.7 Å². The maximum absolute atomic E-state index is 13.2. The smallest absolute Gasteiger partial charge is 0.247 e. The standard InChI is InChI=1S/C25H21FN4O5S/c1-35-21-11-15(5-10-20(21)32)14-27-29-25-30(18-3-2-4-19(31)12-18)24(34)22(36-25)13-23(33)28-17-8-6-16(26)7-9-17/h2-12,14,22,31-32H,13H2,1H3,(H,28,33)/b27-14+,29-25?. The Labute approximate surface area is 209 Å². The third kappa shape index (κ3) is 5.81. The summed E-state index contributed by atoms with van der Waals surface area (Å²) < 4.78 is 18.2. The molecule has 1 heterocycles. The van der Waals surface area contributed by atoms with Crippen molar-refractivity contribution in [3.05, 3.63) is 78.1 Å². The zero-order chi connectivity index (χ0) is 25.7. The molecule has 9 nitrogen and oxygen atoms in total. The molecule has 36 heavy (non-hydrogen) atoms. The molecule has 3 aromatic carbocycles. The fourth-order valence-corrected chi connectivity index (χ4v) is 4.46. The lowest BCUT2D eigenvalue weighted by Gasteiger charge is -2.16. The van der Waals surface area contributed by atoms with Gasteiger partial charge in [-0.3, -0.25) is 14.5 Å². The molecule has 0 aromatic heterocycles. The first kappa shape index (κ1) is 24.7. The Balaban J connectivity index is 1.56. The molecule has 1 aliphatic heterocycles. The van der Waals surface area contributed by atoms with Crippen molar-refractivity contribution in [2.24, 2.45) is 10.2 Å². The van der Waals surface area contributed by atoms with E-state index in [1.54, 1.807) is 24.3 Å². The van der Waals surface area contributed by atoms with E-state index < -0.39 is 22.9 Å². The highest BCUT2D eigenvalue weighted by atomic mass is 32.2. The average molecular weight is 509 g/mol. The van der Waals surface area contributed by atoms with Gasteiger partial charge in [-0.15, -0.1) is 5.10 Å². The van der Waals surface area contributed by atoms with Gasteiger partial charge in [0.2, 0.25) is 11.8 Å². The van der Waals surface area contributed by atoms with Gasteiger partial charge < -0.3 is 20.3 Å². The van der Waals surface area contributed by atoms with Crippen molar-refractivity contribution in [2.75, 3.05) is 17.3 Å². The van der Waals surface area contributed by atoms with Crippen LogP contribution in [-0.4, -0.2) is 45.8 Å². The molecule has 0 bridgehead atoms. The Kier molecular flexibility index (Phi) is 7.50. The summed E-state index contributed by atoms with van der Waals surface area (Å²) in [5.41, 5.74) is 1.38. The van der Waals surface area contributed by atoms with E-state index in [1.165, 1.54) is 60.7 Å². The van der Waals surface area contributed by atoms with Crippen LogP contribution in [0.4, 0.5) is 15.8 Å². The molecule has 3 aromatic rings. The van der Waals surface area contributed by atoms with Crippen molar-refractivity contribution in [3.8, 4) is 17.2 Å². The Morgan fingerprint density at radius 3 is 2.67 bits per heavy atom. The summed E-state index contributed by atoms with van der Waals surface area (Å²) in [5.74, 6) is -1.05. The lowest BCUT2D eigenvalue weighted by molar-refractivity contribution is -0.121. The molecule has 184 valence electrons. The van der Waals surface area contributed by atoms with E-state index in [0.29, 0.717) is 16.9 Å². The van der Waals surface area contributed by atoms with Crippen molar-refractivity contribution in [1.29, 1.82) is 0 Å². The lowest BCUT2D eigenvalue weighted by atomic mass is 10.2. The van der Waals surface area contributed by atoms with Gasteiger partial charge >= 0.3 is 0 Å². The van der Waals surface area contributed by atoms with Gasteiger partial charge in [-0.25, -0.2) is 4.39 Å². The number of methoxy groups -OCH3 is 1. The number of phenols is 2. The van der Waals surface area contributed by atoms with Gasteiger partial charge in [0.15, 0.2) is 16.7 Å². The molecule has 0 saturated carbocycles. The molecule has 4 rings (SSSR count). The molecule has 1 aliphatic rings.